The SMILES string of the molecule is CCCCCN1CCC(NC(C)=O)C1. The smallest absolute Gasteiger partial charge is 0.217 e. The highest BCUT2D eigenvalue weighted by Crippen LogP contribution is 2.10. The van der Waals surface area contributed by atoms with Crippen molar-refractivity contribution in [3.05, 3.63) is 0 Å². The summed E-state index contributed by atoms with van der Waals surface area (Å²) in [6, 6.07) is 0.397. The van der Waals surface area contributed by atoms with Gasteiger partial charge in [-0.1, -0.05) is 19.8 Å². The molecule has 0 aromatic rings. The van der Waals surface area contributed by atoms with Crippen LogP contribution in [0.4, 0.5) is 0 Å². The van der Waals surface area contributed by atoms with Crippen molar-refractivity contribution in [1.82, 2.24) is 10.2 Å². The van der Waals surface area contributed by atoms with Gasteiger partial charge in [-0.3, -0.25) is 4.79 Å². The predicted molar refractivity (Wildman–Crippen MR) is 58.2 cm³/mol. The molecule has 1 atom stereocenters. The number of hydrogen-bond acceptors (Lipinski definition) is 2. The Labute approximate surface area is 86.9 Å². The molecule has 0 spiro atoms. The first kappa shape index (κ1) is 11.5. The molecule has 82 valence electrons. The van der Waals surface area contributed by atoms with Gasteiger partial charge in [-0.05, 0) is 19.4 Å². The average molecular weight is 198 g/mol. The highest BCUT2D eigenvalue weighted by atomic mass is 16.1. The zero-order valence-corrected chi connectivity index (χ0v) is 9.38. The zero-order valence-electron chi connectivity index (χ0n) is 9.38. The third kappa shape index (κ3) is 4.09. The van der Waals surface area contributed by atoms with Gasteiger partial charge in [0.25, 0.3) is 0 Å². The van der Waals surface area contributed by atoms with Gasteiger partial charge in [0.05, 0.1) is 0 Å². The number of carbonyl (C=O) groups is 1. The van der Waals surface area contributed by atoms with Crippen LogP contribution in [-0.2, 0) is 4.79 Å². The Morgan fingerprint density at radius 3 is 2.93 bits per heavy atom. The van der Waals surface area contributed by atoms with E-state index in [4.69, 9.17) is 0 Å². The van der Waals surface area contributed by atoms with Gasteiger partial charge in [0.1, 0.15) is 0 Å². The van der Waals surface area contributed by atoms with Gasteiger partial charge < -0.3 is 10.2 Å². The van der Waals surface area contributed by atoms with E-state index in [1.807, 2.05) is 0 Å². The summed E-state index contributed by atoms with van der Waals surface area (Å²) in [4.78, 5) is 13.3. The van der Waals surface area contributed by atoms with E-state index in [1.54, 1.807) is 6.92 Å². The van der Waals surface area contributed by atoms with E-state index in [0.717, 1.165) is 19.5 Å². The topological polar surface area (TPSA) is 32.3 Å². The monoisotopic (exact) mass is 198 g/mol. The van der Waals surface area contributed by atoms with Crippen LogP contribution in [0.1, 0.15) is 39.5 Å². The largest absolute Gasteiger partial charge is 0.352 e. The molecule has 1 aliphatic heterocycles. The van der Waals surface area contributed by atoms with E-state index in [1.165, 1.54) is 25.8 Å². The van der Waals surface area contributed by atoms with Crippen molar-refractivity contribution in [2.75, 3.05) is 19.6 Å². The molecule has 0 radical (unpaired) electrons. The zero-order chi connectivity index (χ0) is 10.4. The Bertz CT molecular complexity index is 182. The summed E-state index contributed by atoms with van der Waals surface area (Å²) in [6.07, 6.45) is 5.01. The number of amides is 1. The Morgan fingerprint density at radius 2 is 2.29 bits per heavy atom. The van der Waals surface area contributed by atoms with Crippen LogP contribution in [0.15, 0.2) is 0 Å². The van der Waals surface area contributed by atoms with Crippen LogP contribution in [0.2, 0.25) is 0 Å². The van der Waals surface area contributed by atoms with Crippen molar-refractivity contribution < 1.29 is 4.79 Å². The summed E-state index contributed by atoms with van der Waals surface area (Å²) in [6.45, 7) is 7.21. The maximum Gasteiger partial charge on any atom is 0.217 e. The summed E-state index contributed by atoms with van der Waals surface area (Å²) < 4.78 is 0. The predicted octanol–water partition coefficient (Wildman–Crippen LogP) is 1.39. The lowest BCUT2D eigenvalue weighted by Gasteiger charge is -2.15. The van der Waals surface area contributed by atoms with Crippen LogP contribution in [-0.4, -0.2) is 36.5 Å². The normalized spacial score (nSPS) is 22.6. The fourth-order valence-corrected chi connectivity index (χ4v) is 2.03. The molecule has 1 heterocycles. The molecule has 1 rings (SSSR count). The van der Waals surface area contributed by atoms with Gasteiger partial charge in [0.15, 0.2) is 0 Å². The molecule has 0 aromatic heterocycles. The number of unbranched alkanes of at least 4 members (excludes halogenated alkanes) is 2. The van der Waals surface area contributed by atoms with Crippen molar-refractivity contribution in [1.29, 1.82) is 0 Å². The van der Waals surface area contributed by atoms with E-state index in [9.17, 15) is 4.79 Å². The Hall–Kier alpha value is -0.570. The molecule has 1 unspecified atom stereocenters. The van der Waals surface area contributed by atoms with Gasteiger partial charge in [-0.2, -0.15) is 0 Å². The first-order valence-electron chi connectivity index (χ1n) is 5.72. The molecule has 1 saturated heterocycles. The van der Waals surface area contributed by atoms with Crippen LogP contribution >= 0.6 is 0 Å². The number of nitrogens with zero attached hydrogens (tertiary/aromatic N) is 1. The molecule has 3 nitrogen and oxygen atoms in total. The minimum atomic E-state index is 0.102. The molecule has 1 N–H and O–H groups in total. The number of hydrogen-bond donors (Lipinski definition) is 1. The number of rotatable bonds is 5. The molecule has 0 aromatic carbocycles. The summed E-state index contributed by atoms with van der Waals surface area (Å²) in [5, 5.41) is 2.98. The molecule has 1 aliphatic rings. The van der Waals surface area contributed by atoms with E-state index in [-0.39, 0.29) is 5.91 Å². The minimum Gasteiger partial charge on any atom is -0.352 e. The Balaban J connectivity index is 2.11. The second-order valence-electron chi connectivity index (χ2n) is 4.19. The lowest BCUT2D eigenvalue weighted by Crippen LogP contribution is -2.35. The summed E-state index contributed by atoms with van der Waals surface area (Å²) in [7, 11) is 0. The van der Waals surface area contributed by atoms with Gasteiger partial charge in [0.2, 0.25) is 5.91 Å². The highest BCUT2D eigenvalue weighted by Gasteiger charge is 2.21. The third-order valence-electron chi connectivity index (χ3n) is 2.76. The lowest BCUT2D eigenvalue weighted by molar-refractivity contribution is -0.119. The Kier molecular flexibility index (Phi) is 4.94. The van der Waals surface area contributed by atoms with Crippen LogP contribution < -0.4 is 5.32 Å². The number of carbonyl (C=O) groups excluding carboxylic acids is 1. The average Bonchev–Trinajstić information content (AvgIpc) is 2.52. The van der Waals surface area contributed by atoms with E-state index in [2.05, 4.69) is 17.1 Å². The Morgan fingerprint density at radius 1 is 1.50 bits per heavy atom. The molecule has 0 bridgehead atoms. The first-order valence-corrected chi connectivity index (χ1v) is 5.72. The fourth-order valence-electron chi connectivity index (χ4n) is 2.03. The highest BCUT2D eigenvalue weighted by molar-refractivity contribution is 5.73. The van der Waals surface area contributed by atoms with Crippen molar-refractivity contribution in [3.63, 3.8) is 0 Å². The lowest BCUT2D eigenvalue weighted by atomic mass is 10.2. The van der Waals surface area contributed by atoms with Crippen molar-refractivity contribution in [3.8, 4) is 0 Å². The summed E-state index contributed by atoms with van der Waals surface area (Å²) in [5.41, 5.74) is 0. The van der Waals surface area contributed by atoms with Crippen LogP contribution in [0.25, 0.3) is 0 Å². The molecule has 3 heteroatoms. The number of likely N-dealkylation sites (tertiary alicyclic amines) is 1. The van der Waals surface area contributed by atoms with Crippen molar-refractivity contribution in [2.24, 2.45) is 0 Å². The van der Waals surface area contributed by atoms with E-state index >= 15 is 0 Å². The fraction of sp³-hybridized carbons (Fsp3) is 0.909. The minimum absolute atomic E-state index is 0.102. The van der Waals surface area contributed by atoms with E-state index in [0.29, 0.717) is 6.04 Å². The molecular weight excluding hydrogens is 176 g/mol. The first-order chi connectivity index (χ1) is 6.72. The van der Waals surface area contributed by atoms with Crippen LogP contribution in [0.5, 0.6) is 0 Å². The molecule has 14 heavy (non-hydrogen) atoms. The number of nitrogens with one attached hydrogen (secondary N) is 1. The van der Waals surface area contributed by atoms with Gasteiger partial charge >= 0.3 is 0 Å². The van der Waals surface area contributed by atoms with Crippen molar-refractivity contribution >= 4 is 5.91 Å². The maximum absolute atomic E-state index is 10.8. The molecule has 0 saturated carbocycles. The van der Waals surface area contributed by atoms with Gasteiger partial charge in [0, 0.05) is 26.1 Å². The maximum atomic E-state index is 10.8. The molecule has 1 amide bonds. The quantitative estimate of drug-likeness (QED) is 0.677. The molecule has 1 fully saturated rings. The van der Waals surface area contributed by atoms with Crippen molar-refractivity contribution in [2.45, 2.75) is 45.6 Å². The molecular formula is C11H22N2O. The summed E-state index contributed by atoms with van der Waals surface area (Å²) in [5.74, 6) is 0.102. The van der Waals surface area contributed by atoms with Crippen LogP contribution in [0.3, 0.4) is 0 Å². The van der Waals surface area contributed by atoms with E-state index < -0.39 is 0 Å². The van der Waals surface area contributed by atoms with Gasteiger partial charge in [-0.15, -0.1) is 0 Å². The summed E-state index contributed by atoms with van der Waals surface area (Å²) >= 11 is 0. The molecule has 0 aliphatic carbocycles. The third-order valence-corrected chi connectivity index (χ3v) is 2.76. The second kappa shape index (κ2) is 6.02. The van der Waals surface area contributed by atoms with Gasteiger partial charge in [-0.25, -0.2) is 0 Å². The second-order valence-corrected chi connectivity index (χ2v) is 4.19. The standard InChI is InChI=1S/C11H22N2O/c1-3-4-5-7-13-8-6-11(9-13)12-10(2)14/h11H,3-9H2,1-2H3,(H,12,14). The van der Waals surface area contributed by atoms with Crippen LogP contribution in [0, 0.1) is 0 Å².